The fraction of sp³-hybridized carbons (Fsp3) is 0.429. The highest BCUT2D eigenvalue weighted by Gasteiger charge is 2.27. The van der Waals surface area contributed by atoms with E-state index in [4.69, 9.17) is 10.00 Å². The molecule has 1 N–H and O–H groups in total. The highest BCUT2D eigenvalue weighted by atomic mass is 16.5. The van der Waals surface area contributed by atoms with Crippen molar-refractivity contribution >= 4 is 6.09 Å². The van der Waals surface area contributed by atoms with Crippen molar-refractivity contribution in [1.29, 1.82) is 5.26 Å². The van der Waals surface area contributed by atoms with Gasteiger partial charge < -0.3 is 10.1 Å². The molecule has 1 aromatic carbocycles. The number of carbonyl (C=O) groups is 1. The van der Waals surface area contributed by atoms with Gasteiger partial charge in [0.1, 0.15) is 6.61 Å². The predicted molar refractivity (Wildman–Crippen MR) is 68.6 cm³/mol. The molecule has 1 atom stereocenters. The van der Waals surface area contributed by atoms with Gasteiger partial charge in [0.25, 0.3) is 0 Å². The van der Waals surface area contributed by atoms with Crippen LogP contribution in [0.3, 0.4) is 0 Å². The number of nitrogens with zero attached hydrogens (tertiary/aromatic N) is 1. The van der Waals surface area contributed by atoms with Gasteiger partial charge >= 0.3 is 6.09 Å². The highest BCUT2D eigenvalue weighted by molar-refractivity contribution is 5.67. The van der Waals surface area contributed by atoms with E-state index in [1.807, 2.05) is 30.3 Å². The first-order valence-electron chi connectivity index (χ1n) is 5.84. The third-order valence-electron chi connectivity index (χ3n) is 2.92. The fourth-order valence-corrected chi connectivity index (χ4v) is 1.22. The number of rotatable bonds is 4. The summed E-state index contributed by atoms with van der Waals surface area (Å²) in [6.07, 6.45) is -0.505. The second-order valence-electron chi connectivity index (χ2n) is 4.76. The van der Waals surface area contributed by atoms with Crippen molar-refractivity contribution in [2.24, 2.45) is 5.41 Å². The van der Waals surface area contributed by atoms with E-state index in [1.54, 1.807) is 20.8 Å². The number of carbonyl (C=O) groups excluding carboxylic acids is 1. The van der Waals surface area contributed by atoms with Crippen LogP contribution >= 0.6 is 0 Å². The Balaban J connectivity index is 2.42. The Labute approximate surface area is 108 Å². The lowest BCUT2D eigenvalue weighted by Gasteiger charge is -2.24. The maximum Gasteiger partial charge on any atom is 0.407 e. The Morgan fingerprint density at radius 2 is 2.06 bits per heavy atom. The molecule has 4 nitrogen and oxygen atoms in total. The third-order valence-corrected chi connectivity index (χ3v) is 2.92. The quantitative estimate of drug-likeness (QED) is 0.888. The van der Waals surface area contributed by atoms with Crippen molar-refractivity contribution in [3.05, 3.63) is 35.9 Å². The van der Waals surface area contributed by atoms with Crippen LogP contribution in [0.15, 0.2) is 30.3 Å². The van der Waals surface area contributed by atoms with E-state index in [1.165, 1.54) is 0 Å². The lowest BCUT2D eigenvalue weighted by Crippen LogP contribution is -2.42. The van der Waals surface area contributed by atoms with Gasteiger partial charge in [-0.1, -0.05) is 30.3 Å². The molecular formula is C14H18N2O2. The van der Waals surface area contributed by atoms with Crippen molar-refractivity contribution in [3.63, 3.8) is 0 Å². The zero-order valence-corrected chi connectivity index (χ0v) is 10.9. The molecule has 0 unspecified atom stereocenters. The van der Waals surface area contributed by atoms with Gasteiger partial charge in [0.05, 0.1) is 11.5 Å². The van der Waals surface area contributed by atoms with Crippen LogP contribution in [0.4, 0.5) is 4.79 Å². The average Bonchev–Trinajstić information content (AvgIpc) is 2.37. The molecule has 1 amide bonds. The first-order chi connectivity index (χ1) is 8.45. The molecule has 0 aromatic heterocycles. The molecule has 0 aliphatic carbocycles. The molecule has 96 valence electrons. The lowest BCUT2D eigenvalue weighted by atomic mass is 9.87. The van der Waals surface area contributed by atoms with Crippen molar-refractivity contribution in [2.45, 2.75) is 33.4 Å². The summed E-state index contributed by atoms with van der Waals surface area (Å²) >= 11 is 0. The molecule has 0 spiro atoms. The van der Waals surface area contributed by atoms with Gasteiger partial charge in [0, 0.05) is 6.04 Å². The van der Waals surface area contributed by atoms with E-state index in [0.717, 1.165) is 5.56 Å². The summed E-state index contributed by atoms with van der Waals surface area (Å²) in [6.45, 7) is 5.56. The molecule has 0 aliphatic rings. The maximum absolute atomic E-state index is 11.5. The van der Waals surface area contributed by atoms with E-state index >= 15 is 0 Å². The van der Waals surface area contributed by atoms with Crippen LogP contribution in [0.2, 0.25) is 0 Å². The molecule has 4 heteroatoms. The van der Waals surface area contributed by atoms with Crippen LogP contribution in [0.5, 0.6) is 0 Å². The van der Waals surface area contributed by atoms with Gasteiger partial charge in [-0.3, -0.25) is 0 Å². The summed E-state index contributed by atoms with van der Waals surface area (Å²) in [5.41, 5.74) is 0.311. The minimum atomic E-state index is -0.619. The Bertz CT molecular complexity index is 435. The first kappa shape index (κ1) is 14.0. The second-order valence-corrected chi connectivity index (χ2v) is 4.76. The van der Waals surface area contributed by atoms with Crippen LogP contribution in [0, 0.1) is 16.7 Å². The predicted octanol–water partition coefficient (Wildman–Crippen LogP) is 2.85. The Morgan fingerprint density at radius 1 is 1.44 bits per heavy atom. The Kier molecular flexibility index (Phi) is 4.73. The number of ether oxygens (including phenoxy) is 1. The number of alkyl carbamates (subject to hydrolysis) is 1. The number of benzene rings is 1. The molecule has 0 fully saturated rings. The molecule has 1 rings (SSSR count). The summed E-state index contributed by atoms with van der Waals surface area (Å²) in [5.74, 6) is 0. The number of nitrogens with one attached hydrogen (secondary N) is 1. The molecule has 1 aromatic rings. The minimum Gasteiger partial charge on any atom is -0.445 e. The van der Waals surface area contributed by atoms with Crippen LogP contribution in [0.1, 0.15) is 26.3 Å². The maximum atomic E-state index is 11.5. The first-order valence-corrected chi connectivity index (χ1v) is 5.84. The molecule has 0 radical (unpaired) electrons. The summed E-state index contributed by atoms with van der Waals surface area (Å²) in [6, 6.07) is 11.3. The highest BCUT2D eigenvalue weighted by Crippen LogP contribution is 2.18. The Morgan fingerprint density at radius 3 is 2.61 bits per heavy atom. The van der Waals surface area contributed by atoms with Gasteiger partial charge in [-0.25, -0.2) is 4.79 Å². The fourth-order valence-electron chi connectivity index (χ4n) is 1.22. The topological polar surface area (TPSA) is 62.1 Å². The van der Waals surface area contributed by atoms with Gasteiger partial charge in [0.2, 0.25) is 0 Å². The van der Waals surface area contributed by atoms with E-state index in [0.29, 0.717) is 0 Å². The normalized spacial score (nSPS) is 12.3. The van der Waals surface area contributed by atoms with Crippen LogP contribution in [-0.4, -0.2) is 12.1 Å². The molecule has 0 aliphatic heterocycles. The van der Waals surface area contributed by atoms with Crippen LogP contribution in [-0.2, 0) is 11.3 Å². The van der Waals surface area contributed by atoms with E-state index < -0.39 is 11.5 Å². The van der Waals surface area contributed by atoms with Crippen molar-refractivity contribution < 1.29 is 9.53 Å². The second kappa shape index (κ2) is 6.06. The van der Waals surface area contributed by atoms with Gasteiger partial charge in [-0.15, -0.1) is 0 Å². The number of hydrogen-bond donors (Lipinski definition) is 1. The molecule has 0 saturated carbocycles. The van der Waals surface area contributed by atoms with Crippen LogP contribution < -0.4 is 5.32 Å². The largest absolute Gasteiger partial charge is 0.445 e. The third kappa shape index (κ3) is 4.10. The van der Waals surface area contributed by atoms with Gasteiger partial charge in [-0.05, 0) is 26.3 Å². The van der Waals surface area contributed by atoms with Crippen molar-refractivity contribution in [2.75, 3.05) is 0 Å². The lowest BCUT2D eigenvalue weighted by molar-refractivity contribution is 0.131. The van der Waals surface area contributed by atoms with Crippen molar-refractivity contribution in [3.8, 4) is 6.07 Å². The van der Waals surface area contributed by atoms with Gasteiger partial charge in [0.15, 0.2) is 0 Å². The molecule has 0 bridgehead atoms. The van der Waals surface area contributed by atoms with E-state index in [9.17, 15) is 4.79 Å². The molecule has 0 saturated heterocycles. The van der Waals surface area contributed by atoms with E-state index in [-0.39, 0.29) is 12.6 Å². The number of nitriles is 1. The molecule has 0 heterocycles. The summed E-state index contributed by atoms with van der Waals surface area (Å²) in [4.78, 5) is 11.5. The standard InChI is InChI=1S/C14H18N2O2/c1-11(14(2,3)10-15)16-13(17)18-9-12-7-5-4-6-8-12/h4-8,11H,9H2,1-3H3,(H,16,17)/t11-/m0/s1. The minimum absolute atomic E-state index is 0.229. The molecule has 18 heavy (non-hydrogen) atoms. The summed E-state index contributed by atoms with van der Waals surface area (Å²) < 4.78 is 5.08. The van der Waals surface area contributed by atoms with Gasteiger partial charge in [-0.2, -0.15) is 5.26 Å². The SMILES string of the molecule is C[C@H](NC(=O)OCc1ccccc1)C(C)(C)C#N. The average molecular weight is 246 g/mol. The smallest absolute Gasteiger partial charge is 0.407 e. The number of amides is 1. The summed E-state index contributed by atoms with van der Waals surface area (Å²) in [5, 5.41) is 11.6. The van der Waals surface area contributed by atoms with Crippen LogP contribution in [0.25, 0.3) is 0 Å². The Hall–Kier alpha value is -2.02. The zero-order valence-electron chi connectivity index (χ0n) is 10.9. The number of hydrogen-bond acceptors (Lipinski definition) is 3. The summed E-state index contributed by atoms with van der Waals surface area (Å²) in [7, 11) is 0. The zero-order chi connectivity index (χ0) is 13.6. The van der Waals surface area contributed by atoms with Crippen molar-refractivity contribution in [1.82, 2.24) is 5.32 Å². The molecular weight excluding hydrogens is 228 g/mol. The monoisotopic (exact) mass is 246 g/mol. The van der Waals surface area contributed by atoms with E-state index in [2.05, 4.69) is 11.4 Å².